The minimum absolute atomic E-state index is 0.232. The van der Waals surface area contributed by atoms with Gasteiger partial charge in [-0.05, 0) is 30.3 Å². The normalized spacial score (nSPS) is 10.0. The molecule has 3 N–H and O–H groups in total. The SMILES string of the molecule is COc1ccccc1C(=O)Nc1ccc(N(C)C)c(N)c1. The van der Waals surface area contributed by atoms with Crippen molar-refractivity contribution in [1.29, 1.82) is 0 Å². The van der Waals surface area contributed by atoms with Gasteiger partial charge in [-0.1, -0.05) is 12.1 Å². The van der Waals surface area contributed by atoms with Crippen molar-refractivity contribution in [3.8, 4) is 5.75 Å². The number of nitrogen functional groups attached to an aromatic ring is 1. The first-order valence-corrected chi connectivity index (χ1v) is 6.54. The van der Waals surface area contributed by atoms with Crippen molar-refractivity contribution >= 4 is 23.0 Å². The van der Waals surface area contributed by atoms with Gasteiger partial charge in [-0.15, -0.1) is 0 Å². The zero-order valence-corrected chi connectivity index (χ0v) is 12.4. The zero-order valence-electron chi connectivity index (χ0n) is 12.4. The Bertz CT molecular complexity index is 654. The van der Waals surface area contributed by atoms with Gasteiger partial charge in [0, 0.05) is 19.8 Å². The molecule has 0 aliphatic carbocycles. The number of para-hydroxylation sites is 1. The number of anilines is 3. The Kier molecular flexibility index (Phi) is 4.33. The second kappa shape index (κ2) is 6.17. The molecule has 2 aromatic carbocycles. The van der Waals surface area contributed by atoms with Crippen LogP contribution >= 0.6 is 0 Å². The summed E-state index contributed by atoms with van der Waals surface area (Å²) >= 11 is 0. The van der Waals surface area contributed by atoms with Gasteiger partial charge in [-0.2, -0.15) is 0 Å². The molecule has 0 aromatic heterocycles. The lowest BCUT2D eigenvalue weighted by atomic mass is 10.1. The number of methoxy groups -OCH3 is 1. The average molecular weight is 285 g/mol. The minimum Gasteiger partial charge on any atom is -0.496 e. The molecule has 2 rings (SSSR count). The lowest BCUT2D eigenvalue weighted by Gasteiger charge is -2.16. The molecule has 0 heterocycles. The molecule has 0 spiro atoms. The molecule has 0 bridgehead atoms. The highest BCUT2D eigenvalue weighted by atomic mass is 16.5. The second-order valence-electron chi connectivity index (χ2n) is 4.82. The third-order valence-corrected chi connectivity index (χ3v) is 3.12. The number of benzene rings is 2. The van der Waals surface area contributed by atoms with Gasteiger partial charge in [0.05, 0.1) is 24.0 Å². The molecular weight excluding hydrogens is 266 g/mol. The summed E-state index contributed by atoms with van der Waals surface area (Å²) in [5, 5.41) is 2.82. The number of nitrogens with two attached hydrogens (primary N) is 1. The van der Waals surface area contributed by atoms with Crippen LogP contribution in [0.5, 0.6) is 5.75 Å². The van der Waals surface area contributed by atoms with Gasteiger partial charge in [-0.25, -0.2) is 0 Å². The van der Waals surface area contributed by atoms with E-state index in [0.717, 1.165) is 5.69 Å². The highest BCUT2D eigenvalue weighted by Crippen LogP contribution is 2.26. The molecule has 0 saturated heterocycles. The number of rotatable bonds is 4. The molecule has 0 fully saturated rings. The summed E-state index contributed by atoms with van der Waals surface area (Å²) in [6.45, 7) is 0. The van der Waals surface area contributed by atoms with Gasteiger partial charge in [0.15, 0.2) is 0 Å². The van der Waals surface area contributed by atoms with Crippen molar-refractivity contribution in [1.82, 2.24) is 0 Å². The maximum atomic E-state index is 12.3. The average Bonchev–Trinajstić information content (AvgIpc) is 2.46. The molecular formula is C16H19N3O2. The number of hydrogen-bond acceptors (Lipinski definition) is 4. The Morgan fingerprint density at radius 1 is 1.19 bits per heavy atom. The van der Waals surface area contributed by atoms with E-state index >= 15 is 0 Å². The minimum atomic E-state index is -0.232. The fourth-order valence-electron chi connectivity index (χ4n) is 2.07. The summed E-state index contributed by atoms with van der Waals surface area (Å²) in [7, 11) is 5.37. The molecule has 0 atom stereocenters. The zero-order chi connectivity index (χ0) is 15.4. The first-order valence-electron chi connectivity index (χ1n) is 6.54. The molecule has 0 saturated carbocycles. The molecule has 5 heteroatoms. The molecule has 5 nitrogen and oxygen atoms in total. The van der Waals surface area contributed by atoms with Gasteiger partial charge in [0.2, 0.25) is 0 Å². The van der Waals surface area contributed by atoms with E-state index in [-0.39, 0.29) is 5.91 Å². The van der Waals surface area contributed by atoms with E-state index in [9.17, 15) is 4.79 Å². The molecule has 2 aromatic rings. The highest BCUT2D eigenvalue weighted by molar-refractivity contribution is 6.06. The van der Waals surface area contributed by atoms with Gasteiger partial charge < -0.3 is 20.7 Å². The van der Waals surface area contributed by atoms with Crippen molar-refractivity contribution in [3.05, 3.63) is 48.0 Å². The van der Waals surface area contributed by atoms with Crippen molar-refractivity contribution in [2.24, 2.45) is 0 Å². The Labute approximate surface area is 124 Å². The number of nitrogens with zero attached hydrogens (tertiary/aromatic N) is 1. The van der Waals surface area contributed by atoms with Gasteiger partial charge in [-0.3, -0.25) is 4.79 Å². The Balaban J connectivity index is 2.22. The van der Waals surface area contributed by atoms with E-state index in [1.807, 2.05) is 37.2 Å². The van der Waals surface area contributed by atoms with Gasteiger partial charge in [0.1, 0.15) is 5.75 Å². The first-order chi connectivity index (χ1) is 10.0. The topological polar surface area (TPSA) is 67.6 Å². The molecule has 0 aliphatic heterocycles. The number of nitrogens with one attached hydrogen (secondary N) is 1. The summed E-state index contributed by atoms with van der Waals surface area (Å²) in [4.78, 5) is 14.2. The Morgan fingerprint density at radius 3 is 2.52 bits per heavy atom. The van der Waals surface area contributed by atoms with Crippen LogP contribution in [0.3, 0.4) is 0 Å². The van der Waals surface area contributed by atoms with Gasteiger partial charge in [0.25, 0.3) is 5.91 Å². The van der Waals surface area contributed by atoms with Crippen LogP contribution < -0.4 is 20.7 Å². The van der Waals surface area contributed by atoms with Gasteiger partial charge >= 0.3 is 0 Å². The predicted molar refractivity (Wildman–Crippen MR) is 86.1 cm³/mol. The van der Waals surface area contributed by atoms with Crippen LogP contribution in [-0.4, -0.2) is 27.1 Å². The van der Waals surface area contributed by atoms with Crippen LogP contribution in [0.4, 0.5) is 17.1 Å². The van der Waals surface area contributed by atoms with Crippen LogP contribution in [0.1, 0.15) is 10.4 Å². The van der Waals surface area contributed by atoms with Crippen molar-refractivity contribution in [3.63, 3.8) is 0 Å². The number of amides is 1. The lowest BCUT2D eigenvalue weighted by molar-refractivity contribution is 0.102. The van der Waals surface area contributed by atoms with E-state index in [0.29, 0.717) is 22.7 Å². The first kappa shape index (κ1) is 14.7. The predicted octanol–water partition coefficient (Wildman–Crippen LogP) is 2.60. The highest BCUT2D eigenvalue weighted by Gasteiger charge is 2.12. The summed E-state index contributed by atoms with van der Waals surface area (Å²) in [5.74, 6) is 0.303. The van der Waals surface area contributed by atoms with Crippen molar-refractivity contribution in [2.75, 3.05) is 37.2 Å². The summed E-state index contributed by atoms with van der Waals surface area (Å²) in [6.07, 6.45) is 0. The fraction of sp³-hybridized carbons (Fsp3) is 0.188. The largest absolute Gasteiger partial charge is 0.496 e. The molecule has 0 aliphatic rings. The van der Waals surface area contributed by atoms with E-state index in [2.05, 4.69) is 5.32 Å². The second-order valence-corrected chi connectivity index (χ2v) is 4.82. The van der Waals surface area contributed by atoms with E-state index in [4.69, 9.17) is 10.5 Å². The van der Waals surface area contributed by atoms with Crippen molar-refractivity contribution in [2.45, 2.75) is 0 Å². The van der Waals surface area contributed by atoms with E-state index in [1.165, 1.54) is 7.11 Å². The van der Waals surface area contributed by atoms with E-state index in [1.54, 1.807) is 24.3 Å². The Hall–Kier alpha value is -2.69. The Morgan fingerprint density at radius 2 is 1.90 bits per heavy atom. The third-order valence-electron chi connectivity index (χ3n) is 3.12. The number of ether oxygens (including phenoxy) is 1. The molecule has 0 radical (unpaired) electrons. The molecule has 1 amide bonds. The molecule has 110 valence electrons. The quantitative estimate of drug-likeness (QED) is 0.847. The fourth-order valence-corrected chi connectivity index (χ4v) is 2.07. The number of hydrogen-bond donors (Lipinski definition) is 2. The van der Waals surface area contributed by atoms with Crippen LogP contribution in [0, 0.1) is 0 Å². The van der Waals surface area contributed by atoms with Crippen LogP contribution in [0.2, 0.25) is 0 Å². The smallest absolute Gasteiger partial charge is 0.259 e. The van der Waals surface area contributed by atoms with E-state index < -0.39 is 0 Å². The number of carbonyl (C=O) groups is 1. The summed E-state index contributed by atoms with van der Waals surface area (Å²) < 4.78 is 5.19. The maximum Gasteiger partial charge on any atom is 0.259 e. The maximum absolute atomic E-state index is 12.3. The third kappa shape index (κ3) is 3.25. The molecule has 21 heavy (non-hydrogen) atoms. The van der Waals surface area contributed by atoms with Crippen LogP contribution in [0.25, 0.3) is 0 Å². The summed E-state index contributed by atoms with van der Waals surface area (Å²) in [6, 6.07) is 12.5. The lowest BCUT2D eigenvalue weighted by Crippen LogP contribution is -2.14. The van der Waals surface area contributed by atoms with Crippen molar-refractivity contribution < 1.29 is 9.53 Å². The monoisotopic (exact) mass is 285 g/mol. The standard InChI is InChI=1S/C16H19N3O2/c1-19(2)14-9-8-11(10-13(14)17)18-16(20)12-6-4-5-7-15(12)21-3/h4-10H,17H2,1-3H3,(H,18,20). The van der Waals surface area contributed by atoms with Crippen LogP contribution in [-0.2, 0) is 0 Å². The summed E-state index contributed by atoms with van der Waals surface area (Å²) in [5.41, 5.74) is 8.62. The number of carbonyl (C=O) groups excluding carboxylic acids is 1. The molecule has 0 unspecified atom stereocenters. The van der Waals surface area contributed by atoms with Crippen LogP contribution in [0.15, 0.2) is 42.5 Å².